The van der Waals surface area contributed by atoms with Gasteiger partial charge in [0.2, 0.25) is 0 Å². The Balaban J connectivity index is 2.05. The molecule has 0 spiro atoms. The molecule has 6 heteroatoms. The first kappa shape index (κ1) is 12.0. The topological polar surface area (TPSA) is 42.2 Å². The molecule has 3 nitrogen and oxygen atoms in total. The van der Waals surface area contributed by atoms with Crippen LogP contribution >= 0.6 is 38.6 Å². The minimum Gasteiger partial charge on any atom is -0.346 e. The van der Waals surface area contributed by atoms with E-state index in [0.717, 1.165) is 21.0 Å². The van der Waals surface area contributed by atoms with Crippen LogP contribution in [0, 0.1) is 0 Å². The second-order valence-corrected chi connectivity index (χ2v) is 6.41. The molecule has 0 aliphatic heterocycles. The quantitative estimate of drug-likeness (QED) is 0.942. The molecule has 86 valence electrons. The Hall–Kier alpha value is -0.430. The molecule has 2 aromatic heterocycles. The Morgan fingerprint density at radius 3 is 2.88 bits per heavy atom. The molecule has 0 unspecified atom stereocenters. The molecule has 0 aliphatic carbocycles. The van der Waals surface area contributed by atoms with Crippen LogP contribution in [0.3, 0.4) is 0 Å². The summed E-state index contributed by atoms with van der Waals surface area (Å²) >= 11 is 6.85. The fourth-order valence-electron chi connectivity index (χ4n) is 1.31. The molecule has 0 fully saturated rings. The van der Waals surface area contributed by atoms with E-state index in [4.69, 9.17) is 5.73 Å². The van der Waals surface area contributed by atoms with E-state index >= 15 is 0 Å². The summed E-state index contributed by atoms with van der Waals surface area (Å²) in [6.45, 7) is 1.45. The van der Waals surface area contributed by atoms with Gasteiger partial charge in [0.05, 0.1) is 6.54 Å². The van der Waals surface area contributed by atoms with Crippen molar-refractivity contribution in [2.75, 3.05) is 11.9 Å². The summed E-state index contributed by atoms with van der Waals surface area (Å²) in [7, 11) is 2.05. The predicted molar refractivity (Wildman–Crippen MR) is 74.1 cm³/mol. The SMILES string of the molecule is CN(Cc1cc(Br)cs1)c1ncc(CN)s1. The maximum atomic E-state index is 5.57. The van der Waals surface area contributed by atoms with Gasteiger partial charge in [-0.1, -0.05) is 0 Å². The van der Waals surface area contributed by atoms with Gasteiger partial charge in [0.1, 0.15) is 0 Å². The molecular weight excluding hydrogens is 306 g/mol. The van der Waals surface area contributed by atoms with Crippen molar-refractivity contribution in [1.29, 1.82) is 0 Å². The number of nitrogens with zero attached hydrogens (tertiary/aromatic N) is 2. The number of thiophene rings is 1. The molecule has 0 bridgehead atoms. The Bertz CT molecular complexity index is 466. The second-order valence-electron chi connectivity index (χ2n) is 3.40. The summed E-state index contributed by atoms with van der Waals surface area (Å²) < 4.78 is 1.14. The van der Waals surface area contributed by atoms with Gasteiger partial charge in [-0.2, -0.15) is 0 Å². The third-order valence-electron chi connectivity index (χ3n) is 2.08. The van der Waals surface area contributed by atoms with Gasteiger partial charge in [-0.3, -0.25) is 0 Å². The molecule has 0 amide bonds. The molecule has 0 saturated heterocycles. The number of anilines is 1. The summed E-state index contributed by atoms with van der Waals surface area (Å²) in [5, 5.41) is 3.11. The van der Waals surface area contributed by atoms with E-state index < -0.39 is 0 Å². The highest BCUT2D eigenvalue weighted by molar-refractivity contribution is 9.10. The summed E-state index contributed by atoms with van der Waals surface area (Å²) in [5.41, 5.74) is 5.57. The maximum Gasteiger partial charge on any atom is 0.185 e. The van der Waals surface area contributed by atoms with E-state index in [2.05, 4.69) is 37.3 Å². The number of thiazole rings is 1. The zero-order valence-electron chi connectivity index (χ0n) is 8.81. The lowest BCUT2D eigenvalue weighted by atomic mass is 10.4. The maximum absolute atomic E-state index is 5.57. The van der Waals surface area contributed by atoms with Gasteiger partial charge >= 0.3 is 0 Å². The molecule has 0 aromatic carbocycles. The third kappa shape index (κ3) is 2.82. The van der Waals surface area contributed by atoms with E-state index in [-0.39, 0.29) is 0 Å². The van der Waals surface area contributed by atoms with E-state index in [0.29, 0.717) is 6.54 Å². The van der Waals surface area contributed by atoms with Crippen LogP contribution in [-0.4, -0.2) is 12.0 Å². The lowest BCUT2D eigenvalue weighted by Crippen LogP contribution is -2.14. The first-order valence-electron chi connectivity index (χ1n) is 4.78. The molecule has 2 N–H and O–H groups in total. The van der Waals surface area contributed by atoms with Crippen LogP contribution in [0.4, 0.5) is 5.13 Å². The summed E-state index contributed by atoms with van der Waals surface area (Å²) in [5.74, 6) is 0. The van der Waals surface area contributed by atoms with Gasteiger partial charge in [0.25, 0.3) is 0 Å². The van der Waals surface area contributed by atoms with E-state index in [1.165, 1.54) is 4.88 Å². The molecule has 2 aromatic rings. The highest BCUT2D eigenvalue weighted by Gasteiger charge is 2.08. The van der Waals surface area contributed by atoms with Crippen molar-refractivity contribution in [3.8, 4) is 0 Å². The molecule has 0 radical (unpaired) electrons. The Morgan fingerprint density at radius 2 is 2.31 bits per heavy atom. The fourth-order valence-corrected chi connectivity index (χ4v) is 3.56. The average Bonchev–Trinajstić information content (AvgIpc) is 2.87. The van der Waals surface area contributed by atoms with Crippen LogP contribution < -0.4 is 10.6 Å². The molecule has 0 atom stereocenters. The molecular formula is C10H12BrN3S2. The number of nitrogens with two attached hydrogens (primary N) is 1. The standard InChI is InChI=1S/C10H12BrN3S2/c1-14(5-8-2-7(11)6-15-8)10-13-4-9(3-12)16-10/h2,4,6H,3,5,12H2,1H3. The first-order valence-corrected chi connectivity index (χ1v) is 7.27. The normalized spacial score (nSPS) is 10.7. The van der Waals surface area contributed by atoms with Crippen molar-refractivity contribution in [2.24, 2.45) is 5.73 Å². The number of aromatic nitrogens is 1. The number of halogens is 1. The van der Waals surface area contributed by atoms with Crippen molar-refractivity contribution in [3.63, 3.8) is 0 Å². The van der Waals surface area contributed by atoms with E-state index in [9.17, 15) is 0 Å². The first-order chi connectivity index (χ1) is 7.69. The minimum atomic E-state index is 0.566. The zero-order chi connectivity index (χ0) is 11.5. The highest BCUT2D eigenvalue weighted by atomic mass is 79.9. The Labute approximate surface area is 111 Å². The van der Waals surface area contributed by atoms with Gasteiger partial charge in [-0.05, 0) is 22.0 Å². The van der Waals surface area contributed by atoms with Crippen LogP contribution in [-0.2, 0) is 13.1 Å². The monoisotopic (exact) mass is 317 g/mol. The summed E-state index contributed by atoms with van der Waals surface area (Å²) in [4.78, 5) is 8.93. The predicted octanol–water partition coefficient (Wildman–Crippen LogP) is 3.06. The van der Waals surface area contributed by atoms with E-state index in [1.807, 2.05) is 13.2 Å². The molecule has 0 saturated carbocycles. The largest absolute Gasteiger partial charge is 0.346 e. The molecule has 0 aliphatic rings. The van der Waals surface area contributed by atoms with Crippen molar-refractivity contribution >= 4 is 43.7 Å². The van der Waals surface area contributed by atoms with Gasteiger partial charge in [0, 0.05) is 39.4 Å². The number of hydrogen-bond donors (Lipinski definition) is 1. The van der Waals surface area contributed by atoms with Crippen molar-refractivity contribution < 1.29 is 0 Å². The van der Waals surface area contributed by atoms with Crippen LogP contribution in [0.1, 0.15) is 9.75 Å². The number of hydrogen-bond acceptors (Lipinski definition) is 5. The minimum absolute atomic E-state index is 0.566. The van der Waals surface area contributed by atoms with Crippen LogP contribution in [0.15, 0.2) is 22.1 Å². The van der Waals surface area contributed by atoms with Gasteiger partial charge < -0.3 is 10.6 Å². The average molecular weight is 318 g/mol. The van der Waals surface area contributed by atoms with Crippen LogP contribution in [0.25, 0.3) is 0 Å². The highest BCUT2D eigenvalue weighted by Crippen LogP contribution is 2.25. The third-order valence-corrected chi connectivity index (χ3v) is 4.90. The lowest BCUT2D eigenvalue weighted by molar-refractivity contribution is 0.930. The molecule has 2 rings (SSSR count). The second kappa shape index (κ2) is 5.27. The van der Waals surface area contributed by atoms with Crippen molar-refractivity contribution in [3.05, 3.63) is 31.9 Å². The lowest BCUT2D eigenvalue weighted by Gasteiger charge is -2.13. The molecule has 16 heavy (non-hydrogen) atoms. The van der Waals surface area contributed by atoms with Gasteiger partial charge in [-0.15, -0.1) is 22.7 Å². The summed E-state index contributed by atoms with van der Waals surface area (Å²) in [6, 6.07) is 2.14. The van der Waals surface area contributed by atoms with Gasteiger partial charge in [-0.25, -0.2) is 4.98 Å². The fraction of sp³-hybridized carbons (Fsp3) is 0.300. The Morgan fingerprint density at radius 1 is 1.50 bits per heavy atom. The number of rotatable bonds is 4. The van der Waals surface area contributed by atoms with Crippen molar-refractivity contribution in [1.82, 2.24) is 4.98 Å². The summed E-state index contributed by atoms with van der Waals surface area (Å²) in [6.07, 6.45) is 1.85. The van der Waals surface area contributed by atoms with Crippen LogP contribution in [0.2, 0.25) is 0 Å². The smallest absolute Gasteiger partial charge is 0.185 e. The zero-order valence-corrected chi connectivity index (χ0v) is 12.0. The van der Waals surface area contributed by atoms with Gasteiger partial charge in [0.15, 0.2) is 5.13 Å². The van der Waals surface area contributed by atoms with Crippen LogP contribution in [0.5, 0.6) is 0 Å². The van der Waals surface area contributed by atoms with Crippen molar-refractivity contribution in [2.45, 2.75) is 13.1 Å². The Kier molecular flexibility index (Phi) is 3.96. The molecule has 2 heterocycles. The van der Waals surface area contributed by atoms with E-state index in [1.54, 1.807) is 22.7 Å².